The standard InChI is InChI=1S/C14H13ClFNO3S/c15-11-4-6-14(7-5-11)21(18,19)17-8-9-20-13-3-1-2-12(16)10-13/h1-7,10,17H,8-9H2. The van der Waals surface area contributed by atoms with Crippen molar-refractivity contribution in [3.63, 3.8) is 0 Å². The van der Waals surface area contributed by atoms with Gasteiger partial charge < -0.3 is 4.74 Å². The molecule has 0 radical (unpaired) electrons. The lowest BCUT2D eigenvalue weighted by molar-refractivity contribution is 0.321. The van der Waals surface area contributed by atoms with Gasteiger partial charge in [0.15, 0.2) is 0 Å². The Morgan fingerprint density at radius 2 is 1.86 bits per heavy atom. The van der Waals surface area contributed by atoms with E-state index >= 15 is 0 Å². The van der Waals surface area contributed by atoms with Gasteiger partial charge in [-0.2, -0.15) is 0 Å². The van der Waals surface area contributed by atoms with Crippen LogP contribution in [0.15, 0.2) is 53.4 Å². The van der Waals surface area contributed by atoms with Gasteiger partial charge >= 0.3 is 0 Å². The molecule has 0 saturated heterocycles. The number of benzene rings is 2. The normalized spacial score (nSPS) is 11.3. The Kier molecular flexibility index (Phi) is 5.17. The fourth-order valence-corrected chi connectivity index (χ4v) is 2.74. The Morgan fingerprint density at radius 3 is 2.52 bits per heavy atom. The van der Waals surface area contributed by atoms with Crippen molar-refractivity contribution in [2.45, 2.75) is 4.90 Å². The van der Waals surface area contributed by atoms with Gasteiger partial charge in [-0.25, -0.2) is 17.5 Å². The lowest BCUT2D eigenvalue weighted by Crippen LogP contribution is -2.28. The van der Waals surface area contributed by atoms with E-state index in [0.717, 1.165) is 0 Å². The van der Waals surface area contributed by atoms with Gasteiger partial charge in [0.1, 0.15) is 18.2 Å². The number of hydrogen-bond acceptors (Lipinski definition) is 3. The summed E-state index contributed by atoms with van der Waals surface area (Å²) in [6.07, 6.45) is 0. The van der Waals surface area contributed by atoms with Gasteiger partial charge in [0.25, 0.3) is 0 Å². The Morgan fingerprint density at radius 1 is 1.14 bits per heavy atom. The molecule has 2 rings (SSSR count). The van der Waals surface area contributed by atoms with E-state index < -0.39 is 15.8 Å². The molecule has 2 aromatic rings. The van der Waals surface area contributed by atoms with Crippen molar-refractivity contribution in [2.24, 2.45) is 0 Å². The summed E-state index contributed by atoms with van der Waals surface area (Å²) in [5, 5.41) is 0.461. The van der Waals surface area contributed by atoms with Gasteiger partial charge in [-0.05, 0) is 36.4 Å². The minimum Gasteiger partial charge on any atom is -0.492 e. The fraction of sp³-hybridized carbons (Fsp3) is 0.143. The highest BCUT2D eigenvalue weighted by atomic mass is 35.5. The molecule has 0 heterocycles. The maximum atomic E-state index is 12.9. The highest BCUT2D eigenvalue weighted by molar-refractivity contribution is 7.89. The first-order valence-electron chi connectivity index (χ1n) is 6.11. The number of halogens is 2. The molecule has 0 amide bonds. The molecule has 112 valence electrons. The minimum absolute atomic E-state index is 0.0709. The quantitative estimate of drug-likeness (QED) is 0.829. The Hall–Kier alpha value is -1.63. The highest BCUT2D eigenvalue weighted by Gasteiger charge is 2.12. The first-order chi connectivity index (χ1) is 9.97. The Balaban J connectivity index is 1.86. The molecule has 0 unspecified atom stereocenters. The van der Waals surface area contributed by atoms with E-state index in [0.29, 0.717) is 10.8 Å². The molecule has 0 saturated carbocycles. The SMILES string of the molecule is O=S(=O)(NCCOc1cccc(F)c1)c1ccc(Cl)cc1. The van der Waals surface area contributed by atoms with E-state index in [1.54, 1.807) is 6.07 Å². The van der Waals surface area contributed by atoms with Crippen LogP contribution < -0.4 is 9.46 Å². The molecule has 0 spiro atoms. The van der Waals surface area contributed by atoms with E-state index in [4.69, 9.17) is 16.3 Å². The Bertz CT molecular complexity index is 704. The van der Waals surface area contributed by atoms with Crippen LogP contribution in [0.1, 0.15) is 0 Å². The number of rotatable bonds is 6. The van der Waals surface area contributed by atoms with E-state index in [1.165, 1.54) is 42.5 Å². The fourth-order valence-electron chi connectivity index (χ4n) is 1.60. The van der Waals surface area contributed by atoms with Crippen LogP contribution in [0, 0.1) is 5.82 Å². The second kappa shape index (κ2) is 6.89. The van der Waals surface area contributed by atoms with Crippen molar-refractivity contribution in [2.75, 3.05) is 13.2 Å². The van der Waals surface area contributed by atoms with Gasteiger partial charge in [0.05, 0.1) is 4.90 Å². The molecule has 0 bridgehead atoms. The van der Waals surface area contributed by atoms with Gasteiger partial charge in [-0.3, -0.25) is 0 Å². The van der Waals surface area contributed by atoms with E-state index in [1.807, 2.05) is 0 Å². The average Bonchev–Trinajstić information content (AvgIpc) is 2.44. The minimum atomic E-state index is -3.60. The summed E-state index contributed by atoms with van der Waals surface area (Å²) in [7, 11) is -3.60. The van der Waals surface area contributed by atoms with Crippen LogP contribution in [0.2, 0.25) is 5.02 Å². The Labute approximate surface area is 127 Å². The van der Waals surface area contributed by atoms with Crippen molar-refractivity contribution in [3.05, 3.63) is 59.4 Å². The van der Waals surface area contributed by atoms with Crippen LogP contribution in [0.4, 0.5) is 4.39 Å². The summed E-state index contributed by atoms with van der Waals surface area (Å²) in [5.41, 5.74) is 0. The van der Waals surface area contributed by atoms with Crippen LogP contribution >= 0.6 is 11.6 Å². The molecule has 0 fully saturated rings. The van der Waals surface area contributed by atoms with Crippen LogP contribution in [-0.4, -0.2) is 21.6 Å². The van der Waals surface area contributed by atoms with E-state index in [-0.39, 0.29) is 18.0 Å². The van der Waals surface area contributed by atoms with Crippen molar-refractivity contribution in [1.29, 1.82) is 0 Å². The molecule has 2 aromatic carbocycles. The third-order valence-electron chi connectivity index (χ3n) is 2.58. The topological polar surface area (TPSA) is 55.4 Å². The van der Waals surface area contributed by atoms with Crippen LogP contribution in [0.25, 0.3) is 0 Å². The zero-order chi connectivity index (χ0) is 15.3. The van der Waals surface area contributed by atoms with Crippen molar-refractivity contribution in [3.8, 4) is 5.75 Å². The maximum Gasteiger partial charge on any atom is 0.240 e. The molecule has 0 aliphatic rings. The molecule has 0 aliphatic carbocycles. The largest absolute Gasteiger partial charge is 0.492 e. The lowest BCUT2D eigenvalue weighted by Gasteiger charge is -2.08. The first-order valence-corrected chi connectivity index (χ1v) is 7.97. The van der Waals surface area contributed by atoms with Gasteiger partial charge in [-0.1, -0.05) is 17.7 Å². The summed E-state index contributed by atoms with van der Waals surface area (Å²) < 4.78 is 44.4. The van der Waals surface area contributed by atoms with Crippen molar-refractivity contribution >= 4 is 21.6 Å². The van der Waals surface area contributed by atoms with Gasteiger partial charge in [0, 0.05) is 17.6 Å². The van der Waals surface area contributed by atoms with Crippen LogP contribution in [0.5, 0.6) is 5.75 Å². The molecular weight excluding hydrogens is 317 g/mol. The van der Waals surface area contributed by atoms with Crippen LogP contribution in [-0.2, 0) is 10.0 Å². The van der Waals surface area contributed by atoms with E-state index in [2.05, 4.69) is 4.72 Å². The van der Waals surface area contributed by atoms with Gasteiger partial charge in [-0.15, -0.1) is 0 Å². The number of hydrogen-bond donors (Lipinski definition) is 1. The van der Waals surface area contributed by atoms with Crippen molar-refractivity contribution < 1.29 is 17.5 Å². The zero-order valence-corrected chi connectivity index (χ0v) is 12.5. The molecule has 21 heavy (non-hydrogen) atoms. The van der Waals surface area contributed by atoms with Crippen molar-refractivity contribution in [1.82, 2.24) is 4.72 Å². The van der Waals surface area contributed by atoms with E-state index in [9.17, 15) is 12.8 Å². The first kappa shape index (κ1) is 15.8. The highest BCUT2D eigenvalue weighted by Crippen LogP contribution is 2.14. The molecule has 7 heteroatoms. The smallest absolute Gasteiger partial charge is 0.240 e. The van der Waals surface area contributed by atoms with Gasteiger partial charge in [0.2, 0.25) is 10.0 Å². The number of nitrogens with one attached hydrogen (secondary N) is 1. The maximum absolute atomic E-state index is 12.9. The summed E-state index contributed by atoms with van der Waals surface area (Å²) >= 11 is 5.70. The average molecular weight is 330 g/mol. The third kappa shape index (κ3) is 4.70. The summed E-state index contributed by atoms with van der Waals surface area (Å²) in [6.45, 7) is 0.164. The number of sulfonamides is 1. The molecule has 4 nitrogen and oxygen atoms in total. The summed E-state index contributed by atoms with van der Waals surface area (Å²) in [4.78, 5) is 0.123. The second-order valence-corrected chi connectivity index (χ2v) is 6.36. The monoisotopic (exact) mass is 329 g/mol. The zero-order valence-electron chi connectivity index (χ0n) is 10.9. The number of ether oxygens (including phenoxy) is 1. The third-order valence-corrected chi connectivity index (χ3v) is 4.31. The summed E-state index contributed by atoms with van der Waals surface area (Å²) in [5.74, 6) is -0.0602. The second-order valence-electron chi connectivity index (χ2n) is 4.16. The molecule has 0 aliphatic heterocycles. The predicted molar refractivity (Wildman–Crippen MR) is 78.5 cm³/mol. The molecule has 0 aromatic heterocycles. The molecular formula is C14H13ClFNO3S. The summed E-state index contributed by atoms with van der Waals surface area (Å²) in [6, 6.07) is 11.5. The predicted octanol–water partition coefficient (Wildman–Crippen LogP) is 2.84. The lowest BCUT2D eigenvalue weighted by atomic mass is 10.3. The van der Waals surface area contributed by atoms with Crippen LogP contribution in [0.3, 0.4) is 0 Å². The molecule has 1 N–H and O–H groups in total. The molecule has 0 atom stereocenters.